The van der Waals surface area contributed by atoms with Crippen molar-refractivity contribution >= 4 is 5.97 Å². The van der Waals surface area contributed by atoms with Crippen molar-refractivity contribution in [3.8, 4) is 0 Å². The van der Waals surface area contributed by atoms with Crippen LogP contribution in [0.1, 0.15) is 72.3 Å². The Kier molecular flexibility index (Phi) is 11.5. The lowest BCUT2D eigenvalue weighted by Crippen LogP contribution is -2.48. The molecule has 0 saturated carbocycles. The standard InChI is InChI=1S/C24H40O5/c1-6-18(4)16-20(14-15-22(25)24(5,27)23(26)28-8-3)21(7-2)29-17-19-12-10-9-11-13-19/h9-13,18,20-22,25,27H,6-8,14-17H2,1-5H3/t18-,20+,21+,22+,24-/m0/s1. The molecule has 29 heavy (non-hydrogen) atoms. The number of carbonyl (C=O) groups is 1. The molecular formula is C24H40O5. The van der Waals surface area contributed by atoms with E-state index in [1.54, 1.807) is 6.92 Å². The summed E-state index contributed by atoms with van der Waals surface area (Å²) in [5, 5.41) is 20.9. The molecule has 0 spiro atoms. The summed E-state index contributed by atoms with van der Waals surface area (Å²) in [7, 11) is 0. The molecule has 0 aliphatic rings. The molecule has 0 amide bonds. The van der Waals surface area contributed by atoms with E-state index in [1.165, 1.54) is 6.92 Å². The van der Waals surface area contributed by atoms with Crippen molar-refractivity contribution in [1.29, 1.82) is 0 Å². The predicted octanol–water partition coefficient (Wildman–Crippen LogP) is 4.49. The Morgan fingerprint density at radius 2 is 1.76 bits per heavy atom. The number of esters is 1. The number of hydrogen-bond donors (Lipinski definition) is 2. The van der Waals surface area contributed by atoms with Gasteiger partial charge in [-0.05, 0) is 56.9 Å². The third kappa shape index (κ3) is 8.45. The van der Waals surface area contributed by atoms with Gasteiger partial charge in [0.25, 0.3) is 0 Å². The molecule has 5 atom stereocenters. The molecule has 0 fully saturated rings. The molecule has 1 aromatic carbocycles. The van der Waals surface area contributed by atoms with Crippen LogP contribution in [0.5, 0.6) is 0 Å². The number of aliphatic hydroxyl groups is 2. The van der Waals surface area contributed by atoms with Gasteiger partial charge < -0.3 is 19.7 Å². The van der Waals surface area contributed by atoms with Gasteiger partial charge >= 0.3 is 5.97 Å². The highest BCUT2D eigenvalue weighted by Crippen LogP contribution is 2.29. The Morgan fingerprint density at radius 1 is 1.10 bits per heavy atom. The van der Waals surface area contributed by atoms with Crippen LogP contribution in [-0.2, 0) is 20.9 Å². The number of carbonyl (C=O) groups excluding carboxylic acids is 1. The van der Waals surface area contributed by atoms with Gasteiger partial charge in [-0.25, -0.2) is 4.79 Å². The second kappa shape index (κ2) is 13.0. The van der Waals surface area contributed by atoms with Crippen molar-refractivity contribution in [2.24, 2.45) is 11.8 Å². The van der Waals surface area contributed by atoms with Gasteiger partial charge in [0.1, 0.15) is 0 Å². The normalized spacial score (nSPS) is 17.8. The maximum absolute atomic E-state index is 12.0. The molecular weight excluding hydrogens is 368 g/mol. The summed E-state index contributed by atoms with van der Waals surface area (Å²) in [5.74, 6) is 0.00161. The van der Waals surface area contributed by atoms with E-state index in [1.807, 2.05) is 18.2 Å². The third-order valence-corrected chi connectivity index (χ3v) is 5.79. The lowest BCUT2D eigenvalue weighted by molar-refractivity contribution is -0.175. The van der Waals surface area contributed by atoms with E-state index >= 15 is 0 Å². The summed E-state index contributed by atoms with van der Waals surface area (Å²) in [4.78, 5) is 12.0. The first-order chi connectivity index (χ1) is 13.8. The molecule has 0 radical (unpaired) electrons. The fraction of sp³-hybridized carbons (Fsp3) is 0.708. The summed E-state index contributed by atoms with van der Waals surface area (Å²) >= 11 is 0. The van der Waals surface area contributed by atoms with E-state index in [2.05, 4.69) is 32.9 Å². The minimum Gasteiger partial charge on any atom is -0.464 e. The predicted molar refractivity (Wildman–Crippen MR) is 115 cm³/mol. The molecule has 0 aliphatic heterocycles. The number of aliphatic hydroxyl groups excluding tert-OH is 1. The molecule has 0 aromatic heterocycles. The van der Waals surface area contributed by atoms with Gasteiger partial charge in [-0.2, -0.15) is 0 Å². The van der Waals surface area contributed by atoms with Crippen molar-refractivity contribution in [3.05, 3.63) is 35.9 Å². The minimum absolute atomic E-state index is 0.0592. The van der Waals surface area contributed by atoms with Gasteiger partial charge in [0.15, 0.2) is 5.60 Å². The van der Waals surface area contributed by atoms with Crippen molar-refractivity contribution in [2.75, 3.05) is 6.61 Å². The van der Waals surface area contributed by atoms with Crippen LogP contribution in [0.4, 0.5) is 0 Å². The average Bonchev–Trinajstić information content (AvgIpc) is 2.72. The molecule has 166 valence electrons. The third-order valence-electron chi connectivity index (χ3n) is 5.79. The van der Waals surface area contributed by atoms with Crippen molar-refractivity contribution in [2.45, 2.75) is 91.1 Å². The van der Waals surface area contributed by atoms with Crippen LogP contribution in [0.15, 0.2) is 30.3 Å². The average molecular weight is 409 g/mol. The van der Waals surface area contributed by atoms with Gasteiger partial charge in [-0.1, -0.05) is 57.5 Å². The van der Waals surface area contributed by atoms with Gasteiger partial charge in [-0.15, -0.1) is 0 Å². The maximum Gasteiger partial charge on any atom is 0.340 e. The second-order valence-electron chi connectivity index (χ2n) is 8.21. The topological polar surface area (TPSA) is 76.0 Å². The minimum atomic E-state index is -1.90. The molecule has 0 aliphatic carbocycles. The lowest BCUT2D eigenvalue weighted by Gasteiger charge is -2.32. The van der Waals surface area contributed by atoms with Crippen LogP contribution < -0.4 is 0 Å². The highest BCUT2D eigenvalue weighted by atomic mass is 16.6. The van der Waals surface area contributed by atoms with Crippen LogP contribution >= 0.6 is 0 Å². The van der Waals surface area contributed by atoms with Crippen LogP contribution in [0.25, 0.3) is 0 Å². The molecule has 1 aromatic rings. The Labute approximate surface area is 176 Å². The molecule has 0 bridgehead atoms. The molecule has 0 unspecified atom stereocenters. The van der Waals surface area contributed by atoms with E-state index in [4.69, 9.17) is 9.47 Å². The number of hydrogen-bond acceptors (Lipinski definition) is 5. The largest absolute Gasteiger partial charge is 0.464 e. The summed E-state index contributed by atoms with van der Waals surface area (Å²) in [6.07, 6.45) is 2.81. The van der Waals surface area contributed by atoms with Crippen molar-refractivity contribution < 1.29 is 24.5 Å². The van der Waals surface area contributed by atoms with Crippen LogP contribution in [0.2, 0.25) is 0 Å². The smallest absolute Gasteiger partial charge is 0.340 e. The van der Waals surface area contributed by atoms with Crippen LogP contribution in [0, 0.1) is 11.8 Å². The fourth-order valence-electron chi connectivity index (χ4n) is 3.57. The van der Waals surface area contributed by atoms with E-state index < -0.39 is 17.7 Å². The Morgan fingerprint density at radius 3 is 2.31 bits per heavy atom. The van der Waals surface area contributed by atoms with Crippen molar-refractivity contribution in [1.82, 2.24) is 0 Å². The van der Waals surface area contributed by atoms with E-state index in [-0.39, 0.29) is 18.6 Å². The molecule has 0 saturated heterocycles. The zero-order chi connectivity index (χ0) is 21.9. The zero-order valence-electron chi connectivity index (χ0n) is 18.8. The van der Waals surface area contributed by atoms with Crippen LogP contribution in [-0.4, -0.2) is 40.6 Å². The van der Waals surface area contributed by atoms with Gasteiger partial charge in [0.05, 0.1) is 25.4 Å². The summed E-state index contributed by atoms with van der Waals surface area (Å²) < 4.78 is 11.2. The molecule has 5 heteroatoms. The van der Waals surface area contributed by atoms with E-state index in [9.17, 15) is 15.0 Å². The number of ether oxygens (including phenoxy) is 2. The fourth-order valence-corrected chi connectivity index (χ4v) is 3.57. The number of rotatable bonds is 14. The summed E-state index contributed by atoms with van der Waals surface area (Å²) in [5.41, 5.74) is -0.762. The molecule has 0 heterocycles. The summed E-state index contributed by atoms with van der Waals surface area (Å²) in [6, 6.07) is 10.1. The first-order valence-corrected chi connectivity index (χ1v) is 11.0. The van der Waals surface area contributed by atoms with Gasteiger partial charge in [-0.3, -0.25) is 0 Å². The van der Waals surface area contributed by atoms with Gasteiger partial charge in [0, 0.05) is 0 Å². The van der Waals surface area contributed by atoms with E-state index in [0.717, 1.165) is 24.8 Å². The quantitative estimate of drug-likeness (QED) is 0.444. The lowest BCUT2D eigenvalue weighted by atomic mass is 9.83. The highest BCUT2D eigenvalue weighted by Gasteiger charge is 2.40. The first-order valence-electron chi connectivity index (χ1n) is 11.0. The molecule has 5 nitrogen and oxygen atoms in total. The highest BCUT2D eigenvalue weighted by molar-refractivity contribution is 5.79. The SMILES string of the molecule is CCOC(=O)[C@@](C)(O)[C@H](O)CC[C@H](C[C@@H](C)CC)[C@@H](CC)OCc1ccccc1. The first kappa shape index (κ1) is 25.6. The monoisotopic (exact) mass is 408 g/mol. The Bertz CT molecular complexity index is 572. The number of benzene rings is 1. The Balaban J connectivity index is 2.77. The zero-order valence-corrected chi connectivity index (χ0v) is 18.8. The summed E-state index contributed by atoms with van der Waals surface area (Å²) in [6.45, 7) is 10.2. The van der Waals surface area contributed by atoms with Crippen LogP contribution in [0.3, 0.4) is 0 Å². The Hall–Kier alpha value is -1.43. The molecule has 2 N–H and O–H groups in total. The second-order valence-corrected chi connectivity index (χ2v) is 8.21. The molecule has 1 rings (SSSR count). The maximum atomic E-state index is 12.0. The van der Waals surface area contributed by atoms with E-state index in [0.29, 0.717) is 25.4 Å². The van der Waals surface area contributed by atoms with Crippen molar-refractivity contribution in [3.63, 3.8) is 0 Å². The van der Waals surface area contributed by atoms with Gasteiger partial charge in [0.2, 0.25) is 0 Å².